The molecule has 3 rings (SSSR count). The molecule has 8 heteroatoms. The maximum absolute atomic E-state index is 14.4. The first-order valence-corrected chi connectivity index (χ1v) is 11.6. The van der Waals surface area contributed by atoms with Gasteiger partial charge in [-0.3, -0.25) is 4.90 Å². The number of nitrogens with zero attached hydrogens (tertiary/aromatic N) is 3. The van der Waals surface area contributed by atoms with Gasteiger partial charge in [-0.15, -0.1) is 6.58 Å². The Morgan fingerprint density at radius 1 is 1.14 bits per heavy atom. The molecule has 0 bridgehead atoms. The van der Waals surface area contributed by atoms with Crippen molar-refractivity contribution in [2.75, 3.05) is 26.3 Å². The lowest BCUT2D eigenvalue weighted by atomic mass is 10.1. The van der Waals surface area contributed by atoms with Crippen LogP contribution in [0.15, 0.2) is 61.2 Å². The van der Waals surface area contributed by atoms with E-state index >= 15 is 0 Å². The molecule has 188 valence electrons. The molecule has 0 saturated heterocycles. The Morgan fingerprint density at radius 2 is 1.89 bits per heavy atom. The van der Waals surface area contributed by atoms with Crippen molar-refractivity contribution in [3.63, 3.8) is 0 Å². The van der Waals surface area contributed by atoms with Crippen LogP contribution in [-0.2, 0) is 18.3 Å². The van der Waals surface area contributed by atoms with Crippen LogP contribution in [0.4, 0.5) is 8.78 Å². The molecule has 0 aliphatic rings. The van der Waals surface area contributed by atoms with Crippen LogP contribution in [0.25, 0.3) is 11.3 Å². The molecule has 1 atom stereocenters. The summed E-state index contributed by atoms with van der Waals surface area (Å²) in [5.41, 5.74) is 2.31. The molecule has 2 aromatic carbocycles. The topological polar surface area (TPSA) is 59.8 Å². The van der Waals surface area contributed by atoms with E-state index in [-0.39, 0.29) is 12.4 Å². The highest BCUT2D eigenvalue weighted by atomic mass is 19.1. The number of aliphatic hydroxyl groups excluding tert-OH is 1. The number of hydrogen-bond donors (Lipinski definition) is 1. The summed E-state index contributed by atoms with van der Waals surface area (Å²) in [6.07, 6.45) is 0.933. The maximum atomic E-state index is 14.4. The minimum atomic E-state index is -0.799. The fraction of sp³-hybridized carbons (Fsp3) is 0.370. The third-order valence-corrected chi connectivity index (χ3v) is 5.26. The molecule has 1 N–H and O–H groups in total. The van der Waals surface area contributed by atoms with Crippen molar-refractivity contribution in [1.29, 1.82) is 0 Å². The van der Waals surface area contributed by atoms with Gasteiger partial charge in [-0.05, 0) is 18.1 Å². The number of benzene rings is 2. The highest BCUT2D eigenvalue weighted by Gasteiger charge is 2.24. The zero-order valence-corrected chi connectivity index (χ0v) is 20.5. The lowest BCUT2D eigenvalue weighted by Crippen LogP contribution is -2.37. The Balaban J connectivity index is 1.97. The van der Waals surface area contributed by atoms with Crippen LogP contribution in [0.2, 0.25) is 0 Å². The van der Waals surface area contributed by atoms with Crippen molar-refractivity contribution in [3.05, 3.63) is 78.4 Å². The van der Waals surface area contributed by atoms with Crippen molar-refractivity contribution < 1.29 is 23.4 Å². The summed E-state index contributed by atoms with van der Waals surface area (Å²) in [5.74, 6) is -0.899. The summed E-state index contributed by atoms with van der Waals surface area (Å²) in [6, 6.07) is 12.8. The van der Waals surface area contributed by atoms with Gasteiger partial charge in [-0.25, -0.2) is 13.5 Å². The molecule has 35 heavy (non-hydrogen) atoms. The van der Waals surface area contributed by atoms with Gasteiger partial charge >= 0.3 is 0 Å². The van der Waals surface area contributed by atoms with Crippen molar-refractivity contribution in [1.82, 2.24) is 14.7 Å². The van der Waals surface area contributed by atoms with Crippen LogP contribution in [0.5, 0.6) is 11.6 Å². The van der Waals surface area contributed by atoms with E-state index in [4.69, 9.17) is 9.47 Å². The number of aromatic nitrogens is 2. The minimum absolute atomic E-state index is 0.0940. The van der Waals surface area contributed by atoms with Crippen LogP contribution < -0.4 is 4.74 Å². The molecule has 0 amide bonds. The quantitative estimate of drug-likeness (QED) is 0.267. The van der Waals surface area contributed by atoms with E-state index in [2.05, 4.69) is 30.4 Å². The number of rotatable bonds is 13. The second-order valence-electron chi connectivity index (χ2n) is 8.87. The monoisotopic (exact) mass is 485 g/mol. The van der Waals surface area contributed by atoms with Crippen LogP contribution >= 0.6 is 0 Å². The molecule has 0 saturated carbocycles. The average Bonchev–Trinajstić information content (AvgIpc) is 3.11. The van der Waals surface area contributed by atoms with E-state index in [0.717, 1.165) is 23.3 Å². The fourth-order valence-electron chi connectivity index (χ4n) is 3.89. The highest BCUT2D eigenvalue weighted by molar-refractivity contribution is 5.65. The molecule has 0 aliphatic carbocycles. The summed E-state index contributed by atoms with van der Waals surface area (Å²) in [7, 11) is 1.72. The number of aliphatic hydroxyl groups is 1. The molecule has 3 aromatic rings. The lowest BCUT2D eigenvalue weighted by Gasteiger charge is -2.27. The second kappa shape index (κ2) is 12.6. The summed E-state index contributed by atoms with van der Waals surface area (Å²) in [4.78, 5) is 2.10. The Hall–Kier alpha value is -3.07. The van der Waals surface area contributed by atoms with Gasteiger partial charge in [-0.1, -0.05) is 50.3 Å². The largest absolute Gasteiger partial charge is 0.436 e. The SMILES string of the molecule is C=CCOCC(O)CN(Cc1c(-c2ccccc2)nn(C)c1Oc1ccc(F)cc1F)CC(C)C. The summed E-state index contributed by atoms with van der Waals surface area (Å²) in [5, 5.41) is 15.2. The molecule has 0 fully saturated rings. The van der Waals surface area contributed by atoms with Gasteiger partial charge in [0.1, 0.15) is 11.5 Å². The normalized spacial score (nSPS) is 12.3. The van der Waals surface area contributed by atoms with Gasteiger partial charge in [0.25, 0.3) is 0 Å². The summed E-state index contributed by atoms with van der Waals surface area (Å²) >= 11 is 0. The molecule has 0 aliphatic heterocycles. The van der Waals surface area contributed by atoms with E-state index in [1.54, 1.807) is 17.8 Å². The van der Waals surface area contributed by atoms with Crippen molar-refractivity contribution in [2.24, 2.45) is 13.0 Å². The first-order chi connectivity index (χ1) is 16.8. The maximum Gasteiger partial charge on any atom is 0.222 e. The van der Waals surface area contributed by atoms with Crippen LogP contribution in [0, 0.1) is 17.6 Å². The molecular weight excluding hydrogens is 452 g/mol. The van der Waals surface area contributed by atoms with E-state index in [0.29, 0.717) is 43.7 Å². The molecule has 1 heterocycles. The van der Waals surface area contributed by atoms with E-state index in [1.807, 2.05) is 30.3 Å². The Bertz CT molecular complexity index is 1100. The zero-order valence-electron chi connectivity index (χ0n) is 20.5. The average molecular weight is 486 g/mol. The predicted molar refractivity (Wildman–Crippen MR) is 132 cm³/mol. The minimum Gasteiger partial charge on any atom is -0.436 e. The molecule has 0 radical (unpaired) electrons. The van der Waals surface area contributed by atoms with Crippen molar-refractivity contribution in [2.45, 2.75) is 26.5 Å². The van der Waals surface area contributed by atoms with E-state index < -0.39 is 17.7 Å². The molecule has 6 nitrogen and oxygen atoms in total. The van der Waals surface area contributed by atoms with Crippen molar-refractivity contribution in [3.8, 4) is 22.9 Å². The second-order valence-corrected chi connectivity index (χ2v) is 8.87. The standard InChI is InChI=1S/C27H33F2N3O3/c1-5-13-34-18-22(33)16-32(15-19(2)3)17-23-26(20-9-7-6-8-10-20)30-31(4)27(23)35-25-12-11-21(28)14-24(25)29/h5-12,14,19,22,33H,1,13,15-18H2,2-4H3. The lowest BCUT2D eigenvalue weighted by molar-refractivity contribution is 0.0222. The third kappa shape index (κ3) is 7.45. The van der Waals surface area contributed by atoms with Gasteiger partial charge in [-0.2, -0.15) is 5.10 Å². The van der Waals surface area contributed by atoms with Gasteiger partial charge in [0.15, 0.2) is 11.6 Å². The smallest absolute Gasteiger partial charge is 0.222 e. The van der Waals surface area contributed by atoms with Gasteiger partial charge in [0, 0.05) is 38.3 Å². The highest BCUT2D eigenvalue weighted by Crippen LogP contribution is 2.35. The van der Waals surface area contributed by atoms with E-state index in [9.17, 15) is 13.9 Å². The number of ether oxygens (including phenoxy) is 2. The summed E-state index contributed by atoms with van der Waals surface area (Å²) < 4.78 is 40.8. The number of hydrogen-bond acceptors (Lipinski definition) is 5. The van der Waals surface area contributed by atoms with Gasteiger partial charge in [0.05, 0.1) is 24.9 Å². The Morgan fingerprint density at radius 3 is 2.54 bits per heavy atom. The van der Waals surface area contributed by atoms with Crippen LogP contribution in [0.1, 0.15) is 19.4 Å². The number of aryl methyl sites for hydroxylation is 1. The Labute approximate surface area is 205 Å². The molecule has 1 unspecified atom stereocenters. The zero-order chi connectivity index (χ0) is 25.4. The third-order valence-electron chi connectivity index (χ3n) is 5.26. The van der Waals surface area contributed by atoms with Crippen LogP contribution in [0.3, 0.4) is 0 Å². The first kappa shape index (κ1) is 26.5. The summed E-state index contributed by atoms with van der Waals surface area (Å²) in [6.45, 7) is 9.82. The molecule has 0 spiro atoms. The predicted octanol–water partition coefficient (Wildman–Crippen LogP) is 5.18. The Kier molecular flexibility index (Phi) is 9.54. The van der Waals surface area contributed by atoms with Gasteiger partial charge < -0.3 is 14.6 Å². The molecular formula is C27H33F2N3O3. The molecule has 1 aromatic heterocycles. The van der Waals surface area contributed by atoms with Crippen LogP contribution in [-0.4, -0.2) is 52.2 Å². The van der Waals surface area contributed by atoms with Crippen molar-refractivity contribution >= 4 is 0 Å². The van der Waals surface area contributed by atoms with Gasteiger partial charge in [0.2, 0.25) is 5.88 Å². The fourth-order valence-corrected chi connectivity index (χ4v) is 3.89. The number of halogens is 2. The van der Waals surface area contributed by atoms with E-state index in [1.165, 1.54) is 6.07 Å². The first-order valence-electron chi connectivity index (χ1n) is 11.6.